The van der Waals surface area contributed by atoms with Gasteiger partial charge in [0.25, 0.3) is 0 Å². The van der Waals surface area contributed by atoms with Crippen LogP contribution in [0.2, 0.25) is 0 Å². The van der Waals surface area contributed by atoms with Crippen molar-refractivity contribution in [1.29, 1.82) is 0 Å². The summed E-state index contributed by atoms with van der Waals surface area (Å²) in [7, 11) is 1.76. The lowest BCUT2D eigenvalue weighted by Crippen LogP contribution is -2.46. The summed E-state index contributed by atoms with van der Waals surface area (Å²) < 4.78 is 12.0. The van der Waals surface area contributed by atoms with E-state index in [2.05, 4.69) is 28.1 Å². The lowest BCUT2D eigenvalue weighted by Gasteiger charge is -2.45. The molecule has 0 unspecified atom stereocenters. The monoisotopic (exact) mass is 330 g/mol. The number of rotatable bonds is 3. The Bertz CT molecular complexity index is 649. The topological polar surface area (TPSA) is 34.6 Å². The molecule has 4 rings (SSSR count). The minimum Gasteiger partial charge on any atom is -0.496 e. The molecule has 0 aliphatic carbocycles. The average molecular weight is 330 g/mol. The quantitative estimate of drug-likeness (QED) is 0.865. The number of likely N-dealkylation sites (tertiary alicyclic amines) is 1. The highest BCUT2D eigenvalue weighted by atomic mass is 32.1. The van der Waals surface area contributed by atoms with E-state index in [9.17, 15) is 0 Å². The molecule has 0 bridgehead atoms. The number of fused-ring (bicyclic) bond motifs is 2. The Balaban J connectivity index is 1.55. The Morgan fingerprint density at radius 2 is 2.22 bits per heavy atom. The van der Waals surface area contributed by atoms with Gasteiger partial charge in [0.2, 0.25) is 0 Å². The van der Waals surface area contributed by atoms with Gasteiger partial charge < -0.3 is 9.47 Å². The molecule has 0 radical (unpaired) electrons. The van der Waals surface area contributed by atoms with E-state index in [0.717, 1.165) is 51.3 Å². The van der Waals surface area contributed by atoms with E-state index >= 15 is 0 Å². The van der Waals surface area contributed by atoms with Gasteiger partial charge in [0.15, 0.2) is 0 Å². The van der Waals surface area contributed by atoms with Crippen LogP contribution in [0.3, 0.4) is 0 Å². The van der Waals surface area contributed by atoms with Crippen molar-refractivity contribution in [2.24, 2.45) is 0 Å². The van der Waals surface area contributed by atoms with Crippen LogP contribution in [-0.4, -0.2) is 36.7 Å². The fourth-order valence-electron chi connectivity index (χ4n) is 3.91. The number of aromatic nitrogens is 1. The Hall–Kier alpha value is -1.43. The third-order valence-corrected chi connectivity index (χ3v) is 5.83. The van der Waals surface area contributed by atoms with Crippen LogP contribution in [0.25, 0.3) is 0 Å². The van der Waals surface area contributed by atoms with Gasteiger partial charge in [0, 0.05) is 36.3 Å². The van der Waals surface area contributed by atoms with Gasteiger partial charge in [-0.25, -0.2) is 0 Å². The fraction of sp³-hybridized carbons (Fsp3) is 0.500. The molecular formula is C18H22N2O2S. The van der Waals surface area contributed by atoms with Crippen molar-refractivity contribution < 1.29 is 9.47 Å². The molecule has 2 aromatic rings. The molecule has 4 nitrogen and oxygen atoms in total. The zero-order valence-corrected chi connectivity index (χ0v) is 14.3. The van der Waals surface area contributed by atoms with Crippen LogP contribution in [0, 0.1) is 0 Å². The average Bonchev–Trinajstić information content (AvgIpc) is 3.10. The van der Waals surface area contributed by atoms with E-state index in [1.54, 1.807) is 18.4 Å². The number of methoxy groups -OCH3 is 1. The SMILES string of the molecule is COc1cccc2c1C1(CCN(Cc3cncs3)CC1)OCC2. The lowest BCUT2D eigenvalue weighted by atomic mass is 9.79. The second-order valence-corrected chi connectivity index (χ2v) is 7.30. The second kappa shape index (κ2) is 6.23. The predicted molar refractivity (Wildman–Crippen MR) is 91.0 cm³/mol. The first kappa shape index (κ1) is 15.1. The number of thiazole rings is 1. The first-order valence-corrected chi connectivity index (χ1v) is 9.09. The van der Waals surface area contributed by atoms with Gasteiger partial charge in [-0.15, -0.1) is 11.3 Å². The van der Waals surface area contributed by atoms with Gasteiger partial charge in [-0.05, 0) is 30.9 Å². The zero-order valence-electron chi connectivity index (χ0n) is 13.5. The molecule has 23 heavy (non-hydrogen) atoms. The fourth-order valence-corrected chi connectivity index (χ4v) is 4.54. The Kier molecular flexibility index (Phi) is 4.09. The van der Waals surface area contributed by atoms with Gasteiger partial charge in [-0.2, -0.15) is 0 Å². The molecule has 1 aromatic carbocycles. The number of piperidine rings is 1. The molecule has 3 heterocycles. The molecular weight excluding hydrogens is 308 g/mol. The molecule has 1 aromatic heterocycles. The molecule has 0 saturated carbocycles. The summed E-state index contributed by atoms with van der Waals surface area (Å²) in [6.45, 7) is 3.92. The number of hydrogen-bond donors (Lipinski definition) is 0. The highest BCUT2D eigenvalue weighted by molar-refractivity contribution is 7.09. The van der Waals surface area contributed by atoms with E-state index < -0.39 is 0 Å². The Morgan fingerprint density at radius 1 is 1.35 bits per heavy atom. The summed E-state index contributed by atoms with van der Waals surface area (Å²) in [5.41, 5.74) is 4.44. The summed E-state index contributed by atoms with van der Waals surface area (Å²) in [5.74, 6) is 0.984. The summed E-state index contributed by atoms with van der Waals surface area (Å²) in [5, 5.41) is 0. The molecule has 2 aliphatic heterocycles. The van der Waals surface area contributed by atoms with E-state index in [1.807, 2.05) is 11.7 Å². The summed E-state index contributed by atoms with van der Waals surface area (Å²) >= 11 is 1.73. The van der Waals surface area contributed by atoms with Gasteiger partial charge >= 0.3 is 0 Å². The standard InChI is InChI=1S/C18H22N2O2S/c1-21-16-4-2-3-14-5-10-22-18(17(14)16)6-8-20(9-7-18)12-15-11-19-13-23-15/h2-4,11,13H,5-10,12H2,1H3. The lowest BCUT2D eigenvalue weighted by molar-refractivity contribution is -0.0999. The highest BCUT2D eigenvalue weighted by Crippen LogP contribution is 2.45. The van der Waals surface area contributed by atoms with Gasteiger partial charge in [0.05, 0.1) is 24.8 Å². The van der Waals surface area contributed by atoms with Crippen molar-refractivity contribution in [1.82, 2.24) is 9.88 Å². The molecule has 0 atom stereocenters. The molecule has 5 heteroatoms. The predicted octanol–water partition coefficient (Wildman–Crippen LogP) is 3.22. The van der Waals surface area contributed by atoms with E-state index in [0.29, 0.717) is 0 Å². The van der Waals surface area contributed by atoms with Crippen LogP contribution in [0.4, 0.5) is 0 Å². The third kappa shape index (κ3) is 2.77. The Morgan fingerprint density at radius 3 is 2.96 bits per heavy atom. The maximum atomic E-state index is 6.34. The summed E-state index contributed by atoms with van der Waals surface area (Å²) in [4.78, 5) is 8.02. The van der Waals surface area contributed by atoms with Crippen LogP contribution in [0.15, 0.2) is 29.9 Å². The number of hydrogen-bond acceptors (Lipinski definition) is 5. The summed E-state index contributed by atoms with van der Waals surface area (Å²) in [6, 6.07) is 6.39. The Labute approximate surface area is 141 Å². The second-order valence-electron chi connectivity index (χ2n) is 6.33. The van der Waals surface area contributed by atoms with Crippen molar-refractivity contribution in [3.05, 3.63) is 45.9 Å². The van der Waals surface area contributed by atoms with Crippen molar-refractivity contribution in [3.63, 3.8) is 0 Å². The molecule has 0 amide bonds. The number of nitrogens with zero attached hydrogens (tertiary/aromatic N) is 2. The molecule has 1 saturated heterocycles. The maximum Gasteiger partial charge on any atom is 0.125 e. The van der Waals surface area contributed by atoms with Crippen LogP contribution in [0.1, 0.15) is 28.8 Å². The minimum atomic E-state index is -0.162. The van der Waals surface area contributed by atoms with Crippen molar-refractivity contribution in [2.45, 2.75) is 31.4 Å². The minimum absolute atomic E-state index is 0.162. The van der Waals surface area contributed by atoms with Gasteiger partial charge in [0.1, 0.15) is 5.75 Å². The van der Waals surface area contributed by atoms with Crippen LogP contribution >= 0.6 is 11.3 Å². The first-order valence-electron chi connectivity index (χ1n) is 8.21. The highest BCUT2D eigenvalue weighted by Gasteiger charge is 2.42. The van der Waals surface area contributed by atoms with E-state index in [4.69, 9.17) is 9.47 Å². The normalized spacial score (nSPS) is 20.4. The van der Waals surface area contributed by atoms with Gasteiger partial charge in [-0.3, -0.25) is 9.88 Å². The van der Waals surface area contributed by atoms with Crippen molar-refractivity contribution >= 4 is 11.3 Å². The number of ether oxygens (including phenoxy) is 2. The largest absolute Gasteiger partial charge is 0.496 e. The van der Waals surface area contributed by atoms with Crippen LogP contribution in [0.5, 0.6) is 5.75 Å². The molecule has 122 valence electrons. The summed E-state index contributed by atoms with van der Waals surface area (Å²) in [6.07, 6.45) is 5.02. The molecule has 0 N–H and O–H groups in total. The third-order valence-electron chi connectivity index (χ3n) is 5.06. The van der Waals surface area contributed by atoms with E-state index in [1.165, 1.54) is 16.0 Å². The number of benzene rings is 1. The van der Waals surface area contributed by atoms with Gasteiger partial charge in [-0.1, -0.05) is 12.1 Å². The maximum absolute atomic E-state index is 6.34. The first-order chi connectivity index (χ1) is 11.3. The van der Waals surface area contributed by atoms with Crippen LogP contribution in [-0.2, 0) is 23.3 Å². The smallest absolute Gasteiger partial charge is 0.125 e. The van der Waals surface area contributed by atoms with Crippen molar-refractivity contribution in [2.75, 3.05) is 26.8 Å². The zero-order chi connectivity index (χ0) is 15.7. The van der Waals surface area contributed by atoms with Crippen LogP contribution < -0.4 is 4.74 Å². The van der Waals surface area contributed by atoms with E-state index in [-0.39, 0.29) is 5.60 Å². The molecule has 1 fully saturated rings. The molecule has 2 aliphatic rings. The molecule has 1 spiro atoms. The van der Waals surface area contributed by atoms with Crippen molar-refractivity contribution in [3.8, 4) is 5.75 Å².